The summed E-state index contributed by atoms with van der Waals surface area (Å²) in [5.41, 5.74) is 2.79. The van der Waals surface area contributed by atoms with E-state index in [9.17, 15) is 4.79 Å². The van der Waals surface area contributed by atoms with Crippen molar-refractivity contribution in [1.82, 2.24) is 20.5 Å². The molecule has 1 amide bonds. The van der Waals surface area contributed by atoms with Gasteiger partial charge >= 0.3 is 0 Å². The van der Waals surface area contributed by atoms with Crippen LogP contribution in [0.5, 0.6) is 0 Å². The molecule has 1 aromatic rings. The second-order valence-corrected chi connectivity index (χ2v) is 7.59. The number of nitrogens with one attached hydrogen (secondary N) is 2. The van der Waals surface area contributed by atoms with Crippen molar-refractivity contribution in [2.75, 3.05) is 45.9 Å². The monoisotopic (exact) mass is 365 g/mol. The van der Waals surface area contributed by atoms with Crippen molar-refractivity contribution >= 4 is 23.2 Å². The second-order valence-electron chi connectivity index (χ2n) is 6.73. The number of rotatable bonds is 5. The van der Waals surface area contributed by atoms with Crippen LogP contribution in [-0.4, -0.2) is 67.7 Å². The number of guanidine groups is 1. The molecule has 1 atom stereocenters. The molecule has 8 heteroatoms. The number of aromatic nitrogens is 1. The molecule has 2 N–H and O–H groups in total. The highest BCUT2D eigenvalue weighted by Gasteiger charge is 2.42. The summed E-state index contributed by atoms with van der Waals surface area (Å²) in [6.45, 7) is 9.62. The summed E-state index contributed by atoms with van der Waals surface area (Å²) in [5.74, 6) is 0.873. The molecule has 2 aliphatic heterocycles. The molecule has 2 saturated heterocycles. The van der Waals surface area contributed by atoms with Crippen molar-refractivity contribution in [3.63, 3.8) is 0 Å². The third kappa shape index (κ3) is 4.30. The lowest BCUT2D eigenvalue weighted by Gasteiger charge is -2.25. The minimum Gasteiger partial charge on any atom is -0.381 e. The lowest BCUT2D eigenvalue weighted by Crippen LogP contribution is -2.42. The Balaban J connectivity index is 1.51. The second kappa shape index (κ2) is 8.14. The molecule has 1 aromatic heterocycles. The van der Waals surface area contributed by atoms with Crippen molar-refractivity contribution in [1.29, 1.82) is 0 Å². The maximum Gasteiger partial charge on any atom is 0.263 e. The normalized spacial score (nSPS) is 23.4. The minimum atomic E-state index is -0.0663. The molecule has 3 rings (SSSR count). The zero-order valence-corrected chi connectivity index (χ0v) is 15.8. The zero-order chi connectivity index (χ0) is 17.7. The molecular weight excluding hydrogens is 338 g/mol. The summed E-state index contributed by atoms with van der Waals surface area (Å²) in [4.78, 5) is 23.9. The van der Waals surface area contributed by atoms with Gasteiger partial charge in [-0.3, -0.25) is 9.79 Å². The van der Waals surface area contributed by atoms with Gasteiger partial charge in [-0.05, 0) is 26.7 Å². The van der Waals surface area contributed by atoms with Crippen LogP contribution in [0.15, 0.2) is 10.5 Å². The van der Waals surface area contributed by atoms with E-state index in [1.807, 2.05) is 6.92 Å². The molecule has 25 heavy (non-hydrogen) atoms. The first-order chi connectivity index (χ1) is 12.1. The Hall–Kier alpha value is -1.67. The van der Waals surface area contributed by atoms with E-state index in [0.29, 0.717) is 23.4 Å². The van der Waals surface area contributed by atoms with Gasteiger partial charge in [-0.2, -0.15) is 0 Å². The van der Waals surface area contributed by atoms with Crippen LogP contribution >= 0.6 is 11.3 Å². The molecule has 1 spiro atoms. The average Bonchev–Trinajstić information content (AvgIpc) is 3.33. The Morgan fingerprint density at radius 2 is 2.36 bits per heavy atom. The van der Waals surface area contributed by atoms with Crippen molar-refractivity contribution in [3.05, 3.63) is 16.1 Å². The van der Waals surface area contributed by atoms with E-state index in [2.05, 4.69) is 32.4 Å². The van der Waals surface area contributed by atoms with Crippen LogP contribution in [0.3, 0.4) is 0 Å². The van der Waals surface area contributed by atoms with Gasteiger partial charge in [0.25, 0.3) is 5.91 Å². The maximum absolute atomic E-state index is 12.1. The van der Waals surface area contributed by atoms with Gasteiger partial charge in [-0.25, -0.2) is 4.98 Å². The molecule has 2 aliphatic rings. The van der Waals surface area contributed by atoms with Crippen LogP contribution in [0, 0.1) is 12.3 Å². The fourth-order valence-corrected chi connectivity index (χ4v) is 4.16. The van der Waals surface area contributed by atoms with Gasteiger partial charge in [-0.1, -0.05) is 0 Å². The van der Waals surface area contributed by atoms with E-state index in [1.165, 1.54) is 17.8 Å². The Kier molecular flexibility index (Phi) is 5.90. The number of aryl methyl sites for hydroxylation is 1. The average molecular weight is 366 g/mol. The quantitative estimate of drug-likeness (QED) is 0.467. The zero-order valence-electron chi connectivity index (χ0n) is 15.0. The smallest absolute Gasteiger partial charge is 0.263 e. The minimum absolute atomic E-state index is 0.0663. The van der Waals surface area contributed by atoms with Crippen LogP contribution in [0.2, 0.25) is 0 Å². The number of likely N-dealkylation sites (tertiary alicyclic amines) is 1. The molecule has 0 bridgehead atoms. The van der Waals surface area contributed by atoms with Gasteiger partial charge in [0, 0.05) is 38.2 Å². The molecule has 7 nitrogen and oxygen atoms in total. The maximum atomic E-state index is 12.1. The van der Waals surface area contributed by atoms with Gasteiger partial charge in [0.2, 0.25) is 0 Å². The molecule has 0 radical (unpaired) electrons. The third-order valence-corrected chi connectivity index (χ3v) is 5.80. The first kappa shape index (κ1) is 18.1. The lowest BCUT2D eigenvalue weighted by atomic mass is 9.87. The Morgan fingerprint density at radius 3 is 3.04 bits per heavy atom. The molecular formula is C17H27N5O2S. The Morgan fingerprint density at radius 1 is 1.48 bits per heavy atom. The summed E-state index contributed by atoms with van der Waals surface area (Å²) in [6.07, 6.45) is 2.31. The van der Waals surface area contributed by atoms with Crippen LogP contribution in [0.4, 0.5) is 0 Å². The highest BCUT2D eigenvalue weighted by molar-refractivity contribution is 7.11. The van der Waals surface area contributed by atoms with Crippen molar-refractivity contribution < 1.29 is 9.53 Å². The predicted octanol–water partition coefficient (Wildman–Crippen LogP) is 1.26. The molecule has 0 saturated carbocycles. The van der Waals surface area contributed by atoms with E-state index in [4.69, 9.17) is 4.74 Å². The topological polar surface area (TPSA) is 78.8 Å². The number of thiazole rings is 1. The van der Waals surface area contributed by atoms with Crippen molar-refractivity contribution in [3.8, 4) is 0 Å². The van der Waals surface area contributed by atoms with Gasteiger partial charge in [0.1, 0.15) is 4.88 Å². The number of nitrogens with zero attached hydrogens (tertiary/aromatic N) is 3. The van der Waals surface area contributed by atoms with E-state index < -0.39 is 0 Å². The number of ether oxygens (including phenoxy) is 1. The lowest BCUT2D eigenvalue weighted by molar-refractivity contribution is 0.0958. The summed E-state index contributed by atoms with van der Waals surface area (Å²) >= 11 is 1.37. The molecule has 138 valence electrons. The van der Waals surface area contributed by atoms with E-state index in [0.717, 1.165) is 50.9 Å². The molecule has 0 aliphatic carbocycles. The fraction of sp³-hybridized carbons (Fsp3) is 0.706. The van der Waals surface area contributed by atoms with E-state index >= 15 is 0 Å². The molecule has 1 unspecified atom stereocenters. The third-order valence-electron chi connectivity index (χ3n) is 4.87. The number of amides is 1. The highest BCUT2D eigenvalue weighted by atomic mass is 32.1. The SMILES string of the molecule is CCNC(=NCCNC(=O)c1scnc1C)N1CCC2(CCOC2)C1. The van der Waals surface area contributed by atoms with Gasteiger partial charge in [-0.15, -0.1) is 11.3 Å². The molecule has 0 aromatic carbocycles. The van der Waals surface area contributed by atoms with E-state index in [-0.39, 0.29) is 5.91 Å². The molecule has 2 fully saturated rings. The summed E-state index contributed by atoms with van der Waals surface area (Å²) < 4.78 is 5.60. The largest absolute Gasteiger partial charge is 0.381 e. The Bertz CT molecular complexity index is 624. The number of hydrogen-bond donors (Lipinski definition) is 2. The number of aliphatic imine (C=N–C) groups is 1. The van der Waals surface area contributed by atoms with Crippen LogP contribution in [-0.2, 0) is 4.74 Å². The molecule has 3 heterocycles. The van der Waals surface area contributed by atoms with E-state index in [1.54, 1.807) is 5.51 Å². The number of carbonyl (C=O) groups is 1. The van der Waals surface area contributed by atoms with Crippen molar-refractivity contribution in [2.24, 2.45) is 10.4 Å². The Labute approximate surface area is 152 Å². The fourth-order valence-electron chi connectivity index (χ4n) is 3.44. The predicted molar refractivity (Wildman–Crippen MR) is 99.2 cm³/mol. The first-order valence-corrected chi connectivity index (χ1v) is 9.81. The van der Waals surface area contributed by atoms with Crippen LogP contribution < -0.4 is 10.6 Å². The van der Waals surface area contributed by atoms with Gasteiger partial charge in [0.15, 0.2) is 5.96 Å². The summed E-state index contributed by atoms with van der Waals surface area (Å²) in [7, 11) is 0. The first-order valence-electron chi connectivity index (χ1n) is 8.93. The van der Waals surface area contributed by atoms with Gasteiger partial charge < -0.3 is 20.3 Å². The van der Waals surface area contributed by atoms with Gasteiger partial charge in [0.05, 0.1) is 24.4 Å². The van der Waals surface area contributed by atoms with Crippen LogP contribution in [0.25, 0.3) is 0 Å². The summed E-state index contributed by atoms with van der Waals surface area (Å²) in [6, 6.07) is 0. The standard InChI is InChI=1S/C17H27N5O2S/c1-3-18-16(22-8-4-17(10-22)5-9-24-11-17)20-7-6-19-15(23)14-13(2)21-12-25-14/h12H,3-11H2,1-2H3,(H,18,20)(H,19,23). The van der Waals surface area contributed by atoms with Crippen LogP contribution in [0.1, 0.15) is 35.1 Å². The number of carbonyl (C=O) groups excluding carboxylic acids is 1. The summed E-state index contributed by atoms with van der Waals surface area (Å²) in [5, 5.41) is 6.29. The van der Waals surface area contributed by atoms with Crippen molar-refractivity contribution in [2.45, 2.75) is 26.7 Å². The highest BCUT2D eigenvalue weighted by Crippen LogP contribution is 2.38. The number of hydrogen-bond acceptors (Lipinski definition) is 5.